The lowest BCUT2D eigenvalue weighted by Crippen LogP contribution is -2.30. The van der Waals surface area contributed by atoms with Gasteiger partial charge in [0, 0.05) is 37.1 Å². The van der Waals surface area contributed by atoms with Gasteiger partial charge < -0.3 is 24.5 Å². The maximum absolute atomic E-state index is 12.1. The van der Waals surface area contributed by atoms with Crippen LogP contribution < -0.4 is 20.1 Å². The molecule has 3 rings (SSSR count). The molecular formula is C20H24N2O5. The fourth-order valence-corrected chi connectivity index (χ4v) is 2.98. The van der Waals surface area contributed by atoms with Gasteiger partial charge in [-0.05, 0) is 38.1 Å². The minimum absolute atomic E-state index is 0.150. The lowest BCUT2D eigenvalue weighted by Gasteiger charge is -2.13. The molecule has 0 fully saturated rings. The van der Waals surface area contributed by atoms with Crippen LogP contribution in [0.25, 0.3) is 0 Å². The summed E-state index contributed by atoms with van der Waals surface area (Å²) < 4.78 is 16.5. The molecule has 2 heterocycles. The molecule has 2 aromatic rings. The number of fused-ring (bicyclic) bond motifs is 1. The van der Waals surface area contributed by atoms with Crippen LogP contribution in [-0.2, 0) is 17.8 Å². The van der Waals surface area contributed by atoms with E-state index in [2.05, 4.69) is 10.6 Å². The van der Waals surface area contributed by atoms with Gasteiger partial charge >= 0.3 is 0 Å². The van der Waals surface area contributed by atoms with Crippen molar-refractivity contribution >= 4 is 11.8 Å². The summed E-state index contributed by atoms with van der Waals surface area (Å²) >= 11 is 0. The molecule has 0 saturated heterocycles. The van der Waals surface area contributed by atoms with Gasteiger partial charge in [0.15, 0.2) is 5.76 Å². The maximum Gasteiger partial charge on any atom is 0.286 e. The van der Waals surface area contributed by atoms with Crippen LogP contribution in [0, 0.1) is 0 Å². The van der Waals surface area contributed by atoms with Gasteiger partial charge in [-0.2, -0.15) is 0 Å². The monoisotopic (exact) mass is 372 g/mol. The number of amides is 2. The second-order valence-corrected chi connectivity index (χ2v) is 6.39. The van der Waals surface area contributed by atoms with Crippen molar-refractivity contribution in [3.8, 4) is 11.5 Å². The highest BCUT2D eigenvalue weighted by Gasteiger charge is 2.22. The predicted octanol–water partition coefficient (Wildman–Crippen LogP) is 2.44. The third-order valence-electron chi connectivity index (χ3n) is 4.24. The van der Waals surface area contributed by atoms with Crippen LogP contribution in [0.4, 0.5) is 0 Å². The Labute approximate surface area is 158 Å². The molecule has 7 nitrogen and oxygen atoms in total. The normalized spacial score (nSPS) is 15.0. The van der Waals surface area contributed by atoms with Crippen LogP contribution in [0.5, 0.6) is 11.5 Å². The Morgan fingerprint density at radius 3 is 2.89 bits per heavy atom. The Hall–Kier alpha value is -2.96. The van der Waals surface area contributed by atoms with Gasteiger partial charge in [0.25, 0.3) is 5.91 Å². The summed E-state index contributed by atoms with van der Waals surface area (Å²) in [6.07, 6.45) is 2.61. The molecule has 1 atom stereocenters. The van der Waals surface area contributed by atoms with Gasteiger partial charge in [0.1, 0.15) is 17.6 Å². The van der Waals surface area contributed by atoms with Crippen molar-refractivity contribution in [2.45, 2.75) is 39.3 Å². The summed E-state index contributed by atoms with van der Waals surface area (Å²) in [4.78, 5) is 23.8. The number of carbonyl (C=O) groups excluding carboxylic acids is 2. The SMILES string of the molecule is CCOc1cc2c(cc1CNC(=O)CCNC(=O)c1ccco1)OC(C)C2. The lowest BCUT2D eigenvalue weighted by atomic mass is 10.1. The molecule has 1 aromatic heterocycles. The second kappa shape index (κ2) is 8.62. The number of nitrogens with one attached hydrogen (secondary N) is 2. The first-order valence-corrected chi connectivity index (χ1v) is 9.10. The Morgan fingerprint density at radius 1 is 1.30 bits per heavy atom. The highest BCUT2D eigenvalue weighted by atomic mass is 16.5. The molecular weight excluding hydrogens is 348 g/mol. The van der Waals surface area contributed by atoms with Crippen LogP contribution >= 0.6 is 0 Å². The number of furan rings is 1. The van der Waals surface area contributed by atoms with Crippen molar-refractivity contribution < 1.29 is 23.5 Å². The fraction of sp³-hybridized carbons (Fsp3) is 0.400. The summed E-state index contributed by atoms with van der Waals surface area (Å²) in [6, 6.07) is 7.14. The van der Waals surface area contributed by atoms with E-state index in [-0.39, 0.29) is 36.6 Å². The zero-order valence-corrected chi connectivity index (χ0v) is 15.5. The van der Waals surface area contributed by atoms with E-state index >= 15 is 0 Å². The van der Waals surface area contributed by atoms with Crippen LogP contribution in [0.2, 0.25) is 0 Å². The summed E-state index contributed by atoms with van der Waals surface area (Å²) in [6.45, 7) is 5.07. The van der Waals surface area contributed by atoms with Crippen LogP contribution in [0.3, 0.4) is 0 Å². The number of ether oxygens (including phenoxy) is 2. The van der Waals surface area contributed by atoms with E-state index in [1.54, 1.807) is 12.1 Å². The predicted molar refractivity (Wildman–Crippen MR) is 98.9 cm³/mol. The van der Waals surface area contributed by atoms with E-state index in [0.29, 0.717) is 13.2 Å². The van der Waals surface area contributed by atoms with E-state index in [1.165, 1.54) is 6.26 Å². The topological polar surface area (TPSA) is 89.8 Å². The van der Waals surface area contributed by atoms with Crippen molar-refractivity contribution in [3.63, 3.8) is 0 Å². The van der Waals surface area contributed by atoms with E-state index in [9.17, 15) is 9.59 Å². The van der Waals surface area contributed by atoms with Gasteiger partial charge in [-0.15, -0.1) is 0 Å². The van der Waals surface area contributed by atoms with Crippen molar-refractivity contribution in [3.05, 3.63) is 47.4 Å². The quantitative estimate of drug-likeness (QED) is 0.743. The molecule has 1 aliphatic rings. The molecule has 2 N–H and O–H groups in total. The minimum atomic E-state index is -0.337. The highest BCUT2D eigenvalue weighted by Crippen LogP contribution is 2.35. The fourth-order valence-electron chi connectivity index (χ4n) is 2.98. The van der Waals surface area contributed by atoms with Gasteiger partial charge in [-0.1, -0.05) is 0 Å². The smallest absolute Gasteiger partial charge is 0.286 e. The second-order valence-electron chi connectivity index (χ2n) is 6.39. The van der Waals surface area contributed by atoms with Crippen molar-refractivity contribution in [1.82, 2.24) is 10.6 Å². The Morgan fingerprint density at radius 2 is 2.15 bits per heavy atom. The zero-order chi connectivity index (χ0) is 19.2. The summed E-state index contributed by atoms with van der Waals surface area (Å²) in [5.41, 5.74) is 2.00. The first-order chi connectivity index (χ1) is 13.1. The molecule has 0 spiro atoms. The lowest BCUT2D eigenvalue weighted by molar-refractivity contribution is -0.121. The molecule has 1 aromatic carbocycles. The number of benzene rings is 1. The number of rotatable bonds is 8. The Bertz CT molecular complexity index is 801. The largest absolute Gasteiger partial charge is 0.494 e. The van der Waals surface area contributed by atoms with Crippen LogP contribution in [0.15, 0.2) is 34.9 Å². The average Bonchev–Trinajstić information content (AvgIpc) is 3.28. The van der Waals surface area contributed by atoms with Gasteiger partial charge in [0.2, 0.25) is 5.91 Å². The van der Waals surface area contributed by atoms with Crippen molar-refractivity contribution in [2.24, 2.45) is 0 Å². The van der Waals surface area contributed by atoms with E-state index in [0.717, 1.165) is 29.0 Å². The van der Waals surface area contributed by atoms with Crippen LogP contribution in [0.1, 0.15) is 41.9 Å². The van der Waals surface area contributed by atoms with Crippen molar-refractivity contribution in [1.29, 1.82) is 0 Å². The average molecular weight is 372 g/mol. The number of hydrogen-bond donors (Lipinski definition) is 2. The van der Waals surface area contributed by atoms with E-state index < -0.39 is 0 Å². The standard InChI is InChI=1S/C20H24N2O5/c1-3-25-17-10-14-9-13(2)27-18(14)11-15(17)12-22-19(23)6-7-21-20(24)16-5-4-8-26-16/h4-5,8,10-11,13H,3,6-7,9,12H2,1-2H3,(H,21,24)(H,22,23). The van der Waals surface area contributed by atoms with Gasteiger partial charge in [-0.3, -0.25) is 9.59 Å². The van der Waals surface area contributed by atoms with E-state index in [1.807, 2.05) is 26.0 Å². The van der Waals surface area contributed by atoms with Crippen molar-refractivity contribution in [2.75, 3.05) is 13.2 Å². The molecule has 2 amide bonds. The third kappa shape index (κ3) is 4.81. The molecule has 7 heteroatoms. The zero-order valence-electron chi connectivity index (χ0n) is 15.5. The first-order valence-electron chi connectivity index (χ1n) is 9.10. The van der Waals surface area contributed by atoms with Crippen LogP contribution in [-0.4, -0.2) is 31.1 Å². The molecule has 27 heavy (non-hydrogen) atoms. The number of carbonyl (C=O) groups is 2. The molecule has 1 aliphatic heterocycles. The Balaban J connectivity index is 1.51. The summed E-state index contributed by atoms with van der Waals surface area (Å²) in [5, 5.41) is 5.51. The maximum atomic E-state index is 12.1. The van der Waals surface area contributed by atoms with Gasteiger partial charge in [0.05, 0.1) is 12.9 Å². The molecule has 0 radical (unpaired) electrons. The third-order valence-corrected chi connectivity index (χ3v) is 4.24. The molecule has 0 aliphatic carbocycles. The molecule has 0 saturated carbocycles. The molecule has 0 bridgehead atoms. The highest BCUT2D eigenvalue weighted by molar-refractivity contribution is 5.91. The Kier molecular flexibility index (Phi) is 6.01. The molecule has 144 valence electrons. The summed E-state index contributed by atoms with van der Waals surface area (Å²) in [7, 11) is 0. The molecule has 1 unspecified atom stereocenters. The minimum Gasteiger partial charge on any atom is -0.494 e. The number of hydrogen-bond acceptors (Lipinski definition) is 5. The van der Waals surface area contributed by atoms with Gasteiger partial charge in [-0.25, -0.2) is 0 Å². The summed E-state index contributed by atoms with van der Waals surface area (Å²) in [5.74, 6) is 1.34. The van der Waals surface area contributed by atoms with E-state index in [4.69, 9.17) is 13.9 Å². The first kappa shape index (κ1) is 18.8.